The molecule has 0 fully saturated rings. The summed E-state index contributed by atoms with van der Waals surface area (Å²) in [6.45, 7) is 3.79. The lowest BCUT2D eigenvalue weighted by molar-refractivity contribution is -0.115. The molecule has 0 aliphatic heterocycles. The Balaban J connectivity index is 1.52. The molecule has 0 radical (unpaired) electrons. The first kappa shape index (κ1) is 27.1. The molecule has 2 N–H and O–H groups in total. The van der Waals surface area contributed by atoms with E-state index in [1.54, 1.807) is 50.4 Å². The third kappa shape index (κ3) is 7.50. The maximum atomic E-state index is 12.8. The van der Waals surface area contributed by atoms with Gasteiger partial charge in [0.1, 0.15) is 0 Å². The SMILES string of the molecule is CCS(=O)(=O)c1ccc(CC(=O)Nc2ccc(C(=O)N(C)C[C@H](O)Cc3ccc(C)cc3)cc2)cc1. The van der Waals surface area contributed by atoms with Crippen LogP contribution in [0, 0.1) is 6.92 Å². The van der Waals surface area contributed by atoms with Gasteiger partial charge in [-0.25, -0.2) is 8.42 Å². The van der Waals surface area contributed by atoms with Crippen LogP contribution in [0.15, 0.2) is 77.7 Å². The monoisotopic (exact) mass is 508 g/mol. The van der Waals surface area contributed by atoms with Crippen molar-refractivity contribution in [1.82, 2.24) is 4.90 Å². The summed E-state index contributed by atoms with van der Waals surface area (Å²) in [5.41, 5.74) is 3.85. The molecular formula is C28H32N2O5S. The zero-order valence-electron chi connectivity index (χ0n) is 20.8. The lowest BCUT2D eigenvalue weighted by atomic mass is 10.1. The Hall–Kier alpha value is -3.49. The van der Waals surface area contributed by atoms with Gasteiger partial charge in [0.2, 0.25) is 5.91 Å². The van der Waals surface area contributed by atoms with Crippen molar-refractivity contribution in [2.24, 2.45) is 0 Å². The zero-order valence-corrected chi connectivity index (χ0v) is 21.6. The fourth-order valence-electron chi connectivity index (χ4n) is 3.75. The van der Waals surface area contributed by atoms with E-state index in [1.807, 2.05) is 31.2 Å². The van der Waals surface area contributed by atoms with Crippen LogP contribution in [0.1, 0.15) is 34.0 Å². The van der Waals surface area contributed by atoms with Gasteiger partial charge < -0.3 is 15.3 Å². The normalized spacial score (nSPS) is 12.1. The molecule has 7 nitrogen and oxygen atoms in total. The number of nitrogens with zero attached hydrogens (tertiary/aromatic N) is 1. The molecule has 0 aliphatic rings. The average molecular weight is 509 g/mol. The zero-order chi connectivity index (χ0) is 26.3. The van der Waals surface area contributed by atoms with E-state index in [0.717, 1.165) is 11.1 Å². The number of hydrogen-bond acceptors (Lipinski definition) is 5. The highest BCUT2D eigenvalue weighted by Gasteiger charge is 2.16. The molecule has 0 spiro atoms. The van der Waals surface area contributed by atoms with Gasteiger partial charge in [0.05, 0.1) is 23.2 Å². The number of carbonyl (C=O) groups excluding carboxylic acids is 2. The number of hydrogen-bond donors (Lipinski definition) is 2. The van der Waals surface area contributed by atoms with Crippen LogP contribution < -0.4 is 5.32 Å². The van der Waals surface area contributed by atoms with Crippen molar-refractivity contribution in [2.45, 2.75) is 37.7 Å². The molecule has 0 heterocycles. The molecular weight excluding hydrogens is 476 g/mol. The molecule has 3 aromatic rings. The number of sulfone groups is 1. The molecule has 0 unspecified atom stereocenters. The number of amides is 2. The third-order valence-corrected chi connectivity index (χ3v) is 7.62. The number of aliphatic hydroxyl groups excluding tert-OH is 1. The predicted molar refractivity (Wildman–Crippen MR) is 141 cm³/mol. The maximum Gasteiger partial charge on any atom is 0.253 e. The molecule has 3 aromatic carbocycles. The second-order valence-corrected chi connectivity index (χ2v) is 11.2. The molecule has 2 amide bonds. The minimum atomic E-state index is -3.28. The van der Waals surface area contributed by atoms with Crippen LogP contribution >= 0.6 is 0 Å². The summed E-state index contributed by atoms with van der Waals surface area (Å²) in [4.78, 5) is 26.9. The molecule has 190 valence electrons. The van der Waals surface area contributed by atoms with E-state index < -0.39 is 15.9 Å². The molecule has 0 aromatic heterocycles. The quantitative estimate of drug-likeness (QED) is 0.435. The number of likely N-dealkylation sites (N-methyl/N-ethyl adjacent to an activating group) is 1. The van der Waals surface area contributed by atoms with Gasteiger partial charge in [0.15, 0.2) is 9.84 Å². The molecule has 0 saturated carbocycles. The van der Waals surface area contributed by atoms with Gasteiger partial charge in [-0.1, -0.05) is 48.9 Å². The molecule has 36 heavy (non-hydrogen) atoms. The molecule has 8 heteroatoms. The van der Waals surface area contributed by atoms with E-state index in [4.69, 9.17) is 0 Å². The highest BCUT2D eigenvalue weighted by atomic mass is 32.2. The Morgan fingerprint density at radius 1 is 0.917 bits per heavy atom. The third-order valence-electron chi connectivity index (χ3n) is 5.87. The van der Waals surface area contributed by atoms with Crippen molar-refractivity contribution in [3.05, 3.63) is 95.1 Å². The first-order valence-corrected chi connectivity index (χ1v) is 13.4. The van der Waals surface area contributed by atoms with Crippen LogP contribution in [0.25, 0.3) is 0 Å². The number of rotatable bonds is 10. The van der Waals surface area contributed by atoms with Crippen molar-refractivity contribution < 1.29 is 23.1 Å². The van der Waals surface area contributed by atoms with Crippen LogP contribution in [-0.2, 0) is 27.5 Å². The lowest BCUT2D eigenvalue weighted by Gasteiger charge is -2.21. The van der Waals surface area contributed by atoms with E-state index in [9.17, 15) is 23.1 Å². The summed E-state index contributed by atoms with van der Waals surface area (Å²) in [5, 5.41) is 13.2. The largest absolute Gasteiger partial charge is 0.391 e. The Kier molecular flexibility index (Phi) is 9.01. The number of nitrogens with one attached hydrogen (secondary N) is 1. The lowest BCUT2D eigenvalue weighted by Crippen LogP contribution is -2.35. The fraction of sp³-hybridized carbons (Fsp3) is 0.286. The minimum absolute atomic E-state index is 0.0229. The Labute approximate surface area is 212 Å². The number of aryl methyl sites for hydroxylation is 1. The highest BCUT2D eigenvalue weighted by molar-refractivity contribution is 7.91. The summed E-state index contributed by atoms with van der Waals surface area (Å²) in [6.07, 6.45) is -0.134. The maximum absolute atomic E-state index is 12.8. The Bertz CT molecular complexity index is 1290. The van der Waals surface area contributed by atoms with Gasteiger partial charge in [-0.3, -0.25) is 9.59 Å². The van der Waals surface area contributed by atoms with Crippen molar-refractivity contribution in [3.63, 3.8) is 0 Å². The second-order valence-electron chi connectivity index (χ2n) is 8.88. The number of anilines is 1. The van der Waals surface area contributed by atoms with Gasteiger partial charge in [0.25, 0.3) is 5.91 Å². The molecule has 0 bridgehead atoms. The van der Waals surface area contributed by atoms with E-state index >= 15 is 0 Å². The van der Waals surface area contributed by atoms with E-state index in [1.165, 1.54) is 17.0 Å². The fourth-order valence-corrected chi connectivity index (χ4v) is 4.63. The van der Waals surface area contributed by atoms with Crippen LogP contribution in [0.2, 0.25) is 0 Å². The standard InChI is InChI=1S/C28H32N2O5S/c1-4-36(34,35)26-15-9-22(10-16-26)18-27(32)29-24-13-11-23(12-14-24)28(33)30(3)19-25(31)17-21-7-5-20(2)6-8-21/h5-16,25,31H,4,17-19H2,1-3H3,(H,29,32)/t25-/m1/s1. The number of benzene rings is 3. The van der Waals surface area contributed by atoms with Crippen molar-refractivity contribution in [2.75, 3.05) is 24.7 Å². The van der Waals surface area contributed by atoms with Gasteiger partial charge in [-0.2, -0.15) is 0 Å². The van der Waals surface area contributed by atoms with E-state index in [-0.39, 0.29) is 35.4 Å². The summed E-state index contributed by atoms with van der Waals surface area (Å²) in [6, 6.07) is 20.8. The van der Waals surface area contributed by atoms with Gasteiger partial charge in [-0.15, -0.1) is 0 Å². The Morgan fingerprint density at radius 3 is 2.08 bits per heavy atom. The first-order chi connectivity index (χ1) is 17.1. The molecule has 0 aliphatic carbocycles. The smallest absolute Gasteiger partial charge is 0.253 e. The number of carbonyl (C=O) groups is 2. The van der Waals surface area contributed by atoms with Crippen LogP contribution in [0.4, 0.5) is 5.69 Å². The van der Waals surface area contributed by atoms with E-state index in [2.05, 4.69) is 5.32 Å². The van der Waals surface area contributed by atoms with Crippen LogP contribution in [-0.4, -0.2) is 55.7 Å². The van der Waals surface area contributed by atoms with Crippen molar-refractivity contribution >= 4 is 27.3 Å². The van der Waals surface area contributed by atoms with E-state index in [0.29, 0.717) is 23.2 Å². The Morgan fingerprint density at radius 2 is 1.50 bits per heavy atom. The molecule has 0 saturated heterocycles. The summed E-state index contributed by atoms with van der Waals surface area (Å²) >= 11 is 0. The summed E-state index contributed by atoms with van der Waals surface area (Å²) in [7, 11) is -1.63. The topological polar surface area (TPSA) is 104 Å². The average Bonchev–Trinajstić information content (AvgIpc) is 2.85. The minimum Gasteiger partial charge on any atom is -0.391 e. The number of aliphatic hydroxyl groups is 1. The van der Waals surface area contributed by atoms with Gasteiger partial charge >= 0.3 is 0 Å². The first-order valence-electron chi connectivity index (χ1n) is 11.8. The second kappa shape index (κ2) is 12.0. The molecule has 1 atom stereocenters. The van der Waals surface area contributed by atoms with Crippen LogP contribution in [0.3, 0.4) is 0 Å². The summed E-state index contributed by atoms with van der Waals surface area (Å²) < 4.78 is 23.8. The highest BCUT2D eigenvalue weighted by Crippen LogP contribution is 2.15. The predicted octanol–water partition coefficient (Wildman–Crippen LogP) is 3.65. The summed E-state index contributed by atoms with van der Waals surface area (Å²) in [5.74, 6) is -0.454. The van der Waals surface area contributed by atoms with Crippen LogP contribution in [0.5, 0.6) is 0 Å². The van der Waals surface area contributed by atoms with Crippen molar-refractivity contribution in [3.8, 4) is 0 Å². The van der Waals surface area contributed by atoms with Gasteiger partial charge in [-0.05, 0) is 54.4 Å². The van der Waals surface area contributed by atoms with Crippen molar-refractivity contribution in [1.29, 1.82) is 0 Å². The molecule has 3 rings (SSSR count). The van der Waals surface area contributed by atoms with Gasteiger partial charge in [0, 0.05) is 31.3 Å².